The molecule has 0 unspecified atom stereocenters. The fourth-order valence-electron chi connectivity index (χ4n) is 3.77. The van der Waals surface area contributed by atoms with Crippen LogP contribution in [0.3, 0.4) is 0 Å². The van der Waals surface area contributed by atoms with Gasteiger partial charge in [-0.15, -0.1) is 0 Å². The van der Waals surface area contributed by atoms with Gasteiger partial charge >= 0.3 is 0 Å². The van der Waals surface area contributed by atoms with Crippen molar-refractivity contribution in [3.8, 4) is 6.07 Å². The number of nitriles is 1. The molecular formula is C26H35N3O. The molecule has 0 aliphatic heterocycles. The number of Topliss-reactive ketones (excluding diaryl/α,β-unsaturated/α-hetero) is 1. The van der Waals surface area contributed by atoms with Gasteiger partial charge in [-0.1, -0.05) is 31.1 Å². The lowest BCUT2D eigenvalue weighted by Crippen LogP contribution is -2.22. The molecular weight excluding hydrogens is 370 g/mol. The number of hydrogen-bond donors (Lipinski definition) is 2. The van der Waals surface area contributed by atoms with Crippen molar-refractivity contribution in [1.29, 1.82) is 10.7 Å². The quantitative estimate of drug-likeness (QED) is 0.288. The predicted molar refractivity (Wildman–Crippen MR) is 126 cm³/mol. The second-order valence-electron chi connectivity index (χ2n) is 7.86. The number of nitrogens with two attached hydrogens (primary N) is 1. The van der Waals surface area contributed by atoms with Gasteiger partial charge in [-0.2, -0.15) is 5.26 Å². The van der Waals surface area contributed by atoms with Crippen LogP contribution in [-0.2, 0) is 4.79 Å². The lowest BCUT2D eigenvalue weighted by Gasteiger charge is -2.28. The van der Waals surface area contributed by atoms with Crippen LogP contribution >= 0.6 is 0 Å². The van der Waals surface area contributed by atoms with Crippen LogP contribution in [0.4, 0.5) is 0 Å². The number of nitrogens with one attached hydrogen (secondary N) is 1. The molecule has 0 saturated carbocycles. The number of rotatable bonds is 9. The molecule has 0 aliphatic carbocycles. The Morgan fingerprint density at radius 1 is 1.23 bits per heavy atom. The number of carbonyl (C=O) groups excluding carboxylic acids is 1. The Labute approximate surface area is 181 Å². The molecule has 0 aromatic heterocycles. The van der Waals surface area contributed by atoms with Gasteiger partial charge in [0.2, 0.25) is 0 Å². The molecule has 1 aromatic carbocycles. The summed E-state index contributed by atoms with van der Waals surface area (Å²) in [7, 11) is 0. The summed E-state index contributed by atoms with van der Waals surface area (Å²) in [5, 5.41) is 18.2. The molecule has 1 atom stereocenters. The number of ketones is 1. The largest absolute Gasteiger partial charge is 0.402 e. The lowest BCUT2D eigenvalue weighted by molar-refractivity contribution is -0.113. The van der Waals surface area contributed by atoms with Gasteiger partial charge in [-0.05, 0) is 88.8 Å². The topological polar surface area (TPSA) is 90.7 Å². The third kappa shape index (κ3) is 5.79. The Balaban J connectivity index is 4.01. The first-order valence-corrected chi connectivity index (χ1v) is 10.5. The number of allylic oxidation sites excluding steroid dienone is 6. The minimum Gasteiger partial charge on any atom is -0.402 e. The first kappa shape index (κ1) is 25.1. The van der Waals surface area contributed by atoms with Crippen molar-refractivity contribution in [1.82, 2.24) is 0 Å². The van der Waals surface area contributed by atoms with E-state index in [4.69, 9.17) is 11.1 Å². The molecule has 0 bridgehead atoms. The minimum atomic E-state index is -0.445. The van der Waals surface area contributed by atoms with Crippen molar-refractivity contribution in [3.63, 3.8) is 0 Å². The summed E-state index contributed by atoms with van der Waals surface area (Å²) in [6.45, 7) is 13.3. The van der Waals surface area contributed by atoms with Crippen LogP contribution < -0.4 is 5.73 Å². The number of benzene rings is 1. The van der Waals surface area contributed by atoms with Crippen LogP contribution in [-0.4, -0.2) is 11.5 Å². The lowest BCUT2D eigenvalue weighted by atomic mass is 9.75. The molecule has 3 N–H and O–H groups in total. The molecule has 0 saturated heterocycles. The molecule has 30 heavy (non-hydrogen) atoms. The van der Waals surface area contributed by atoms with E-state index in [0.29, 0.717) is 29.0 Å². The van der Waals surface area contributed by atoms with Crippen LogP contribution in [0, 0.1) is 23.7 Å². The van der Waals surface area contributed by atoms with Gasteiger partial charge < -0.3 is 11.1 Å². The van der Waals surface area contributed by atoms with Crippen molar-refractivity contribution < 1.29 is 4.79 Å². The van der Waals surface area contributed by atoms with E-state index in [1.807, 2.05) is 45.9 Å². The molecule has 0 heterocycles. The van der Waals surface area contributed by atoms with E-state index in [-0.39, 0.29) is 5.78 Å². The van der Waals surface area contributed by atoms with Crippen LogP contribution in [0.1, 0.15) is 83.4 Å². The highest BCUT2D eigenvalue weighted by Gasteiger charge is 2.30. The highest BCUT2D eigenvalue weighted by atomic mass is 16.1. The second-order valence-corrected chi connectivity index (χ2v) is 7.86. The van der Waals surface area contributed by atoms with Gasteiger partial charge in [0.1, 0.15) is 0 Å². The van der Waals surface area contributed by atoms with Crippen LogP contribution in [0.2, 0.25) is 0 Å². The predicted octanol–water partition coefficient (Wildman–Crippen LogP) is 6.26. The van der Waals surface area contributed by atoms with E-state index >= 15 is 0 Å². The molecule has 0 spiro atoms. The van der Waals surface area contributed by atoms with Gasteiger partial charge in [0, 0.05) is 22.9 Å². The maximum Gasteiger partial charge on any atom is 0.158 e. The Hall–Kier alpha value is -2.93. The van der Waals surface area contributed by atoms with Crippen LogP contribution in [0.25, 0.3) is 0 Å². The summed E-state index contributed by atoms with van der Waals surface area (Å²) < 4.78 is 0. The Morgan fingerprint density at radius 2 is 1.87 bits per heavy atom. The molecule has 0 aliphatic rings. The third-order valence-electron chi connectivity index (χ3n) is 5.63. The van der Waals surface area contributed by atoms with Gasteiger partial charge in [-0.25, -0.2) is 0 Å². The Kier molecular flexibility index (Phi) is 9.46. The maximum atomic E-state index is 12.7. The maximum absolute atomic E-state index is 12.7. The van der Waals surface area contributed by atoms with E-state index in [1.165, 1.54) is 6.92 Å². The fraction of sp³-hybridized carbons (Fsp3) is 0.423. The summed E-state index contributed by atoms with van der Waals surface area (Å²) in [6, 6.07) is 7.67. The Morgan fingerprint density at radius 3 is 2.30 bits per heavy atom. The summed E-state index contributed by atoms with van der Waals surface area (Å²) in [5.74, 6) is -0.546. The van der Waals surface area contributed by atoms with Crippen molar-refractivity contribution in [2.45, 2.75) is 73.6 Å². The number of carbonyl (C=O) groups is 1. The first-order chi connectivity index (χ1) is 14.1. The first-order valence-electron chi connectivity index (χ1n) is 10.5. The molecule has 1 aromatic rings. The van der Waals surface area contributed by atoms with Gasteiger partial charge in [0.25, 0.3) is 0 Å². The molecule has 0 fully saturated rings. The molecule has 4 nitrogen and oxygen atoms in total. The van der Waals surface area contributed by atoms with Gasteiger partial charge in [0.15, 0.2) is 5.78 Å². The molecule has 0 amide bonds. The summed E-state index contributed by atoms with van der Waals surface area (Å²) in [6.07, 6.45) is 4.56. The van der Waals surface area contributed by atoms with E-state index in [0.717, 1.165) is 40.7 Å². The molecule has 0 radical (unpaired) electrons. The fourth-order valence-corrected chi connectivity index (χ4v) is 3.77. The zero-order valence-corrected chi connectivity index (χ0v) is 19.4. The normalized spacial score (nSPS) is 14.4. The SMILES string of the molecule is C/C=C(C)\C(C)=C(/C(=N)CCCC)[C@@H](/C(C(C)=O)=C(/C)N)c1ccc(C#N)cc1C. The second kappa shape index (κ2) is 11.3. The Bertz CT molecular complexity index is 951. The zero-order chi connectivity index (χ0) is 23.0. The summed E-state index contributed by atoms with van der Waals surface area (Å²) in [5.41, 5.74) is 13.0. The highest BCUT2D eigenvalue weighted by molar-refractivity contribution is 6.05. The number of hydrogen-bond acceptors (Lipinski definition) is 4. The van der Waals surface area contributed by atoms with E-state index < -0.39 is 5.92 Å². The number of aryl methyl sites for hydroxylation is 1. The minimum absolute atomic E-state index is 0.101. The van der Waals surface area contributed by atoms with Crippen LogP contribution in [0.15, 0.2) is 52.3 Å². The van der Waals surface area contributed by atoms with Crippen molar-refractivity contribution in [2.75, 3.05) is 0 Å². The summed E-state index contributed by atoms with van der Waals surface area (Å²) in [4.78, 5) is 12.7. The molecule has 1 rings (SSSR count). The standard InChI is InChI=1S/C26H35N3O/c1-8-10-11-23(29)24(18(5)16(3)9-2)26(25(19(6)28)20(7)30)22-13-12-21(15-27)14-17(22)4/h9,12-14,26,29H,8,10-11,28H2,1-7H3/b16-9-,24-18+,25-19-,29-23?/t26-/m0/s1. The average molecular weight is 406 g/mol. The highest BCUT2D eigenvalue weighted by Crippen LogP contribution is 2.39. The smallest absolute Gasteiger partial charge is 0.158 e. The monoisotopic (exact) mass is 405 g/mol. The molecule has 160 valence electrons. The van der Waals surface area contributed by atoms with Gasteiger partial charge in [0.05, 0.1) is 11.6 Å². The zero-order valence-electron chi connectivity index (χ0n) is 19.4. The van der Waals surface area contributed by atoms with Crippen molar-refractivity contribution >= 4 is 11.5 Å². The van der Waals surface area contributed by atoms with Crippen LogP contribution in [0.5, 0.6) is 0 Å². The van der Waals surface area contributed by atoms with E-state index in [1.54, 1.807) is 13.0 Å². The number of nitrogens with zero attached hydrogens (tertiary/aromatic N) is 1. The molecule has 4 heteroatoms. The average Bonchev–Trinajstić information content (AvgIpc) is 2.70. The number of unbranched alkanes of at least 4 members (excludes halogenated alkanes) is 1. The van der Waals surface area contributed by atoms with E-state index in [2.05, 4.69) is 13.0 Å². The van der Waals surface area contributed by atoms with Gasteiger partial charge in [-0.3, -0.25) is 4.79 Å². The third-order valence-corrected chi connectivity index (χ3v) is 5.63. The van der Waals surface area contributed by atoms with E-state index in [9.17, 15) is 10.1 Å². The van der Waals surface area contributed by atoms with Crippen molar-refractivity contribution in [3.05, 3.63) is 69.0 Å². The van der Waals surface area contributed by atoms with Crippen molar-refractivity contribution in [2.24, 2.45) is 5.73 Å². The summed E-state index contributed by atoms with van der Waals surface area (Å²) >= 11 is 0.